The molecule has 4 heteroatoms. The van der Waals surface area contributed by atoms with E-state index in [1.165, 1.54) is 60.8 Å². The van der Waals surface area contributed by atoms with E-state index in [2.05, 4.69) is 109 Å². The van der Waals surface area contributed by atoms with Gasteiger partial charge < -0.3 is 29.6 Å². The molecule has 0 saturated carbocycles. The van der Waals surface area contributed by atoms with Crippen LogP contribution in [0.15, 0.2) is 115 Å². The third-order valence-electron chi connectivity index (χ3n) is 5.61. The van der Waals surface area contributed by atoms with Crippen LogP contribution in [0.4, 0.5) is 0 Å². The van der Waals surface area contributed by atoms with Gasteiger partial charge in [0.2, 0.25) is 0 Å². The van der Waals surface area contributed by atoms with Crippen LogP contribution in [0.1, 0.15) is 28.7 Å². The standard InChI is InChI=1S/C14H11O.C13H10.C5H5.2ClH.Zr/c1-15-12-6-7-14-11(9-12)8-10-4-2-3-5-13(10)14;1-3-7-12(8-4-1)11-13-9-5-2-6-10-13;1-2-4-5-3-1;;;/h2-7H,8H2,1H3;1-10H;1-3H,4H2;2*1H;/q-1;;-1;;;+2/p-2. The molecule has 0 aromatic heterocycles. The number of fused-ring (bicyclic) bond motifs is 3. The molecule has 0 heterocycles. The van der Waals surface area contributed by atoms with Gasteiger partial charge in [0.1, 0.15) is 0 Å². The number of methoxy groups -OCH3 is 1. The number of benzene rings is 4. The zero-order valence-corrected chi connectivity index (χ0v) is 24.0. The summed E-state index contributed by atoms with van der Waals surface area (Å²) in [6.07, 6.45) is 11.0. The van der Waals surface area contributed by atoms with Crippen molar-refractivity contribution in [1.82, 2.24) is 0 Å². The average molecular weight is 589 g/mol. The second-order valence-electron chi connectivity index (χ2n) is 7.86. The van der Waals surface area contributed by atoms with Gasteiger partial charge in [0.15, 0.2) is 0 Å². The molecule has 0 N–H and O–H groups in total. The summed E-state index contributed by atoms with van der Waals surface area (Å²) in [6, 6.07) is 37.0. The Kier molecular flexibility index (Phi) is 12.9. The zero-order valence-electron chi connectivity index (χ0n) is 20.0. The van der Waals surface area contributed by atoms with Crippen LogP contribution in [0.25, 0.3) is 11.1 Å². The fourth-order valence-corrected chi connectivity index (χ4v) is 4.69. The topological polar surface area (TPSA) is 9.23 Å². The van der Waals surface area contributed by atoms with Gasteiger partial charge in [0, 0.05) is 5.75 Å². The van der Waals surface area contributed by atoms with Crippen LogP contribution in [-0.4, -0.2) is 10.3 Å². The van der Waals surface area contributed by atoms with Gasteiger partial charge in [-0.05, 0) is 6.42 Å². The maximum atomic E-state index is 5.18. The van der Waals surface area contributed by atoms with E-state index in [4.69, 9.17) is 4.74 Å². The third-order valence-corrected chi connectivity index (χ3v) is 7.03. The maximum absolute atomic E-state index is 5.18. The van der Waals surface area contributed by atoms with Crippen molar-refractivity contribution in [2.75, 3.05) is 7.11 Å². The Bertz CT molecular complexity index is 1250. The quantitative estimate of drug-likeness (QED) is 0.288. The molecular weight excluding hydrogens is 562 g/mol. The van der Waals surface area contributed by atoms with E-state index in [1.54, 1.807) is 7.11 Å². The van der Waals surface area contributed by atoms with E-state index >= 15 is 0 Å². The molecule has 0 amide bonds. The van der Waals surface area contributed by atoms with Gasteiger partial charge in [-0.25, -0.2) is 12.2 Å². The van der Waals surface area contributed by atoms with E-state index < -0.39 is 0 Å². The molecule has 4 aromatic carbocycles. The molecule has 0 fully saturated rings. The van der Waals surface area contributed by atoms with E-state index in [1.807, 2.05) is 18.2 Å². The molecule has 0 radical (unpaired) electrons. The third kappa shape index (κ3) is 8.00. The fraction of sp³-hybridized carbons (Fsp3) is 0.0938. The van der Waals surface area contributed by atoms with Gasteiger partial charge in [0.05, 0.1) is 7.11 Å². The van der Waals surface area contributed by atoms with E-state index in [0.717, 1.165) is 18.6 Å². The molecule has 0 atom stereocenters. The van der Waals surface area contributed by atoms with Crippen molar-refractivity contribution in [3.63, 3.8) is 0 Å². The summed E-state index contributed by atoms with van der Waals surface area (Å²) in [4.78, 5) is 0. The van der Waals surface area contributed by atoms with Gasteiger partial charge in [-0.15, -0.1) is 29.7 Å². The summed E-state index contributed by atoms with van der Waals surface area (Å²) in [5.74, 6) is 0.821. The first-order valence-electron chi connectivity index (χ1n) is 11.3. The summed E-state index contributed by atoms with van der Waals surface area (Å²) in [7, 11) is 1.68. The normalized spacial score (nSPS) is 11.3. The molecule has 0 saturated heterocycles. The van der Waals surface area contributed by atoms with Crippen LogP contribution >= 0.6 is 0 Å². The van der Waals surface area contributed by atoms with Crippen LogP contribution in [0, 0.1) is 12.1 Å². The monoisotopic (exact) mass is 586 g/mol. The van der Waals surface area contributed by atoms with Crippen LogP contribution in [0.2, 0.25) is 0 Å². The predicted molar refractivity (Wildman–Crippen MR) is 138 cm³/mol. The number of hydrogen-bond donors (Lipinski definition) is 0. The van der Waals surface area contributed by atoms with E-state index in [-0.39, 0.29) is 24.8 Å². The Hall–Kier alpha value is -2.51. The van der Waals surface area contributed by atoms with Crippen molar-refractivity contribution < 1.29 is 53.8 Å². The molecular formula is C32H26Cl2OZr-2. The molecule has 2 aliphatic rings. The first kappa shape index (κ1) is 29.7. The number of halogens is 2. The minimum absolute atomic E-state index is 0. The SMILES string of the molecule is COc1[c-]c2c(cc1)-c1ccccc1C2.[C-]1=CC=CC1.[Cl-].[Cl-].[Zr+2]=[C](c1ccccc1)c1ccccc1. The fourth-order valence-electron chi connectivity index (χ4n) is 3.87. The van der Waals surface area contributed by atoms with Crippen LogP contribution in [0.3, 0.4) is 0 Å². The summed E-state index contributed by atoms with van der Waals surface area (Å²) >= 11 is 1.46. The molecule has 180 valence electrons. The van der Waals surface area contributed by atoms with Crippen molar-refractivity contribution >= 4 is 3.21 Å². The van der Waals surface area contributed by atoms with E-state index in [9.17, 15) is 0 Å². The zero-order chi connectivity index (χ0) is 23.6. The minimum atomic E-state index is 0. The molecule has 0 aliphatic heterocycles. The van der Waals surface area contributed by atoms with Gasteiger partial charge >= 0.3 is 99.2 Å². The summed E-state index contributed by atoms with van der Waals surface area (Å²) in [6.45, 7) is 0. The first-order chi connectivity index (χ1) is 16.8. The van der Waals surface area contributed by atoms with E-state index in [0.29, 0.717) is 0 Å². The first-order valence-corrected chi connectivity index (χ1v) is 12.6. The van der Waals surface area contributed by atoms with Crippen molar-refractivity contribution in [1.29, 1.82) is 0 Å². The van der Waals surface area contributed by atoms with Crippen molar-refractivity contribution in [2.24, 2.45) is 0 Å². The second-order valence-corrected chi connectivity index (χ2v) is 9.09. The van der Waals surface area contributed by atoms with Crippen LogP contribution in [0.5, 0.6) is 5.75 Å². The molecule has 36 heavy (non-hydrogen) atoms. The number of rotatable bonds is 3. The van der Waals surface area contributed by atoms with Gasteiger partial charge in [-0.2, -0.15) is 12.1 Å². The predicted octanol–water partition coefficient (Wildman–Crippen LogP) is 1.18. The van der Waals surface area contributed by atoms with Crippen molar-refractivity contribution in [3.05, 3.63) is 150 Å². The van der Waals surface area contributed by atoms with Crippen LogP contribution in [-0.2, 0) is 30.7 Å². The second kappa shape index (κ2) is 15.6. The Morgan fingerprint density at radius 2 is 1.36 bits per heavy atom. The van der Waals surface area contributed by atoms with Gasteiger partial charge in [0.25, 0.3) is 0 Å². The number of allylic oxidation sites excluding steroid dienone is 4. The molecule has 0 bridgehead atoms. The van der Waals surface area contributed by atoms with Gasteiger partial charge in [-0.3, -0.25) is 6.08 Å². The average Bonchev–Trinajstić information content (AvgIpc) is 3.61. The summed E-state index contributed by atoms with van der Waals surface area (Å²) in [5.41, 5.74) is 7.93. The molecule has 2 aliphatic carbocycles. The Morgan fingerprint density at radius 3 is 1.89 bits per heavy atom. The summed E-state index contributed by atoms with van der Waals surface area (Å²) < 4.78 is 6.60. The number of ether oxygens (including phenoxy) is 1. The summed E-state index contributed by atoms with van der Waals surface area (Å²) in [5, 5.41) is 0. The Morgan fingerprint density at radius 1 is 0.750 bits per heavy atom. The van der Waals surface area contributed by atoms with Crippen molar-refractivity contribution in [2.45, 2.75) is 12.8 Å². The molecule has 0 spiro atoms. The number of hydrogen-bond acceptors (Lipinski definition) is 1. The molecule has 4 aromatic rings. The molecule has 0 unspecified atom stereocenters. The Balaban J connectivity index is 0.000000204. The Labute approximate surface area is 242 Å². The van der Waals surface area contributed by atoms with Crippen LogP contribution < -0.4 is 29.6 Å². The van der Waals surface area contributed by atoms with Gasteiger partial charge in [-0.1, -0.05) is 35.4 Å². The molecule has 6 rings (SSSR count). The van der Waals surface area contributed by atoms with Crippen molar-refractivity contribution in [3.8, 4) is 16.9 Å². The molecule has 1 nitrogen and oxygen atoms in total.